The zero-order chi connectivity index (χ0) is 13.5. The van der Waals surface area contributed by atoms with Crippen molar-refractivity contribution in [2.75, 3.05) is 7.11 Å². The second-order valence-electron chi connectivity index (χ2n) is 5.69. The largest absolute Gasteiger partial charge is 0.497 e. The van der Waals surface area contributed by atoms with Gasteiger partial charge in [0.15, 0.2) is 5.58 Å². The van der Waals surface area contributed by atoms with E-state index >= 15 is 0 Å². The molecule has 1 fully saturated rings. The van der Waals surface area contributed by atoms with Crippen LogP contribution in [0.3, 0.4) is 0 Å². The van der Waals surface area contributed by atoms with Gasteiger partial charge in [0.25, 0.3) is 0 Å². The van der Waals surface area contributed by atoms with Gasteiger partial charge in [-0.2, -0.15) is 0 Å². The molecule has 1 heterocycles. The minimum Gasteiger partial charge on any atom is -0.497 e. The maximum atomic E-state index is 6.49. The van der Waals surface area contributed by atoms with Crippen LogP contribution in [0.2, 0.25) is 0 Å². The van der Waals surface area contributed by atoms with E-state index < -0.39 is 5.54 Å². The molecule has 0 spiro atoms. The lowest BCUT2D eigenvalue weighted by Crippen LogP contribution is -2.40. The fourth-order valence-electron chi connectivity index (χ4n) is 2.74. The number of hydrogen-bond acceptors (Lipinski definition) is 4. The highest BCUT2D eigenvalue weighted by molar-refractivity contribution is 5.74. The van der Waals surface area contributed by atoms with Gasteiger partial charge in [0.05, 0.1) is 12.6 Å². The van der Waals surface area contributed by atoms with Crippen LogP contribution >= 0.6 is 0 Å². The highest BCUT2D eigenvalue weighted by Crippen LogP contribution is 2.38. The Morgan fingerprint density at radius 2 is 2.11 bits per heavy atom. The molecule has 1 aromatic heterocycles. The first-order valence-electron chi connectivity index (χ1n) is 6.85. The van der Waals surface area contributed by atoms with Crippen LogP contribution < -0.4 is 10.5 Å². The molecule has 0 amide bonds. The number of benzene rings is 1. The fraction of sp³-hybridized carbons (Fsp3) is 0.533. The molecule has 0 unspecified atom stereocenters. The highest BCUT2D eigenvalue weighted by Gasteiger charge is 2.36. The van der Waals surface area contributed by atoms with Crippen LogP contribution in [0.5, 0.6) is 5.75 Å². The summed E-state index contributed by atoms with van der Waals surface area (Å²) in [6.07, 6.45) is 4.16. The Labute approximate surface area is 112 Å². The minimum absolute atomic E-state index is 0.404. The second kappa shape index (κ2) is 4.53. The van der Waals surface area contributed by atoms with Crippen molar-refractivity contribution < 1.29 is 9.15 Å². The predicted octanol–water partition coefficient (Wildman–Crippen LogP) is 3.20. The highest BCUT2D eigenvalue weighted by atomic mass is 16.5. The first kappa shape index (κ1) is 12.5. The van der Waals surface area contributed by atoms with E-state index in [0.29, 0.717) is 5.89 Å². The molecule has 1 saturated carbocycles. The summed E-state index contributed by atoms with van der Waals surface area (Å²) >= 11 is 0. The molecule has 0 saturated heterocycles. The summed E-state index contributed by atoms with van der Waals surface area (Å²) in [6.45, 7) is 2.27. The first-order chi connectivity index (χ1) is 9.10. The van der Waals surface area contributed by atoms with Gasteiger partial charge in [0.1, 0.15) is 11.3 Å². The van der Waals surface area contributed by atoms with Gasteiger partial charge >= 0.3 is 0 Å². The monoisotopic (exact) mass is 260 g/mol. The van der Waals surface area contributed by atoms with Gasteiger partial charge in [-0.1, -0.05) is 6.92 Å². The standard InChI is InChI=1S/C15H20N2O2/c1-10-5-7-15(16,8-6-10)14-17-12-9-11(18-2)3-4-13(12)19-14/h3-4,9-10H,5-8,16H2,1-2H3. The van der Waals surface area contributed by atoms with Crippen molar-refractivity contribution in [3.05, 3.63) is 24.1 Å². The lowest BCUT2D eigenvalue weighted by molar-refractivity contribution is 0.209. The van der Waals surface area contributed by atoms with E-state index in [4.69, 9.17) is 14.9 Å². The van der Waals surface area contributed by atoms with Crippen molar-refractivity contribution in [2.45, 2.75) is 38.1 Å². The van der Waals surface area contributed by atoms with Crippen LogP contribution in [0, 0.1) is 5.92 Å². The molecule has 0 bridgehead atoms. The number of methoxy groups -OCH3 is 1. The van der Waals surface area contributed by atoms with Crippen molar-refractivity contribution >= 4 is 11.1 Å². The topological polar surface area (TPSA) is 61.3 Å². The van der Waals surface area contributed by atoms with Crippen molar-refractivity contribution in [3.63, 3.8) is 0 Å². The summed E-state index contributed by atoms with van der Waals surface area (Å²) in [6, 6.07) is 5.65. The average molecular weight is 260 g/mol. The van der Waals surface area contributed by atoms with E-state index in [1.165, 1.54) is 0 Å². The van der Waals surface area contributed by atoms with Crippen molar-refractivity contribution in [3.8, 4) is 5.75 Å². The Bertz CT molecular complexity index is 583. The summed E-state index contributed by atoms with van der Waals surface area (Å²) < 4.78 is 11.1. The maximum Gasteiger partial charge on any atom is 0.215 e. The quantitative estimate of drug-likeness (QED) is 0.900. The van der Waals surface area contributed by atoms with Gasteiger partial charge in [0, 0.05) is 6.07 Å². The minimum atomic E-state index is -0.404. The molecule has 3 rings (SSSR count). The molecule has 1 aliphatic rings. The van der Waals surface area contributed by atoms with Crippen molar-refractivity contribution in [1.82, 2.24) is 4.98 Å². The molecule has 0 atom stereocenters. The van der Waals surface area contributed by atoms with Gasteiger partial charge < -0.3 is 14.9 Å². The molecule has 4 nitrogen and oxygen atoms in total. The molecule has 0 aliphatic heterocycles. The third-order valence-corrected chi connectivity index (χ3v) is 4.19. The molecular weight excluding hydrogens is 240 g/mol. The fourth-order valence-corrected chi connectivity index (χ4v) is 2.74. The summed E-state index contributed by atoms with van der Waals surface area (Å²) in [5, 5.41) is 0. The van der Waals surface area contributed by atoms with E-state index in [2.05, 4.69) is 11.9 Å². The molecular formula is C15H20N2O2. The van der Waals surface area contributed by atoms with E-state index in [-0.39, 0.29) is 0 Å². The average Bonchev–Trinajstić information content (AvgIpc) is 2.86. The zero-order valence-electron chi connectivity index (χ0n) is 11.5. The molecule has 102 valence electrons. The number of oxazole rings is 1. The molecule has 4 heteroatoms. The summed E-state index contributed by atoms with van der Waals surface area (Å²) in [7, 11) is 1.65. The van der Waals surface area contributed by atoms with Crippen LogP contribution in [0.1, 0.15) is 38.5 Å². The number of ether oxygens (including phenoxy) is 1. The van der Waals surface area contributed by atoms with Crippen LogP contribution in [-0.2, 0) is 5.54 Å². The number of aromatic nitrogens is 1. The predicted molar refractivity (Wildman–Crippen MR) is 74.1 cm³/mol. The van der Waals surface area contributed by atoms with E-state index in [0.717, 1.165) is 48.5 Å². The Morgan fingerprint density at radius 1 is 1.37 bits per heavy atom. The van der Waals surface area contributed by atoms with Crippen LogP contribution in [-0.4, -0.2) is 12.1 Å². The summed E-state index contributed by atoms with van der Waals surface area (Å²) in [5.41, 5.74) is 7.68. The third kappa shape index (κ3) is 2.21. The Kier molecular flexibility index (Phi) is 2.97. The van der Waals surface area contributed by atoms with Gasteiger partial charge in [-0.25, -0.2) is 4.98 Å². The number of fused-ring (bicyclic) bond motifs is 1. The number of hydrogen-bond donors (Lipinski definition) is 1. The van der Waals surface area contributed by atoms with Gasteiger partial charge in [-0.3, -0.25) is 0 Å². The van der Waals surface area contributed by atoms with Gasteiger partial charge in [0.2, 0.25) is 5.89 Å². The zero-order valence-corrected chi connectivity index (χ0v) is 11.5. The van der Waals surface area contributed by atoms with Crippen molar-refractivity contribution in [2.24, 2.45) is 11.7 Å². The first-order valence-corrected chi connectivity index (χ1v) is 6.85. The molecule has 0 radical (unpaired) electrons. The lowest BCUT2D eigenvalue weighted by atomic mass is 9.78. The summed E-state index contributed by atoms with van der Waals surface area (Å²) in [5.74, 6) is 2.21. The van der Waals surface area contributed by atoms with Crippen molar-refractivity contribution in [1.29, 1.82) is 0 Å². The smallest absolute Gasteiger partial charge is 0.215 e. The molecule has 19 heavy (non-hydrogen) atoms. The molecule has 1 aliphatic carbocycles. The Morgan fingerprint density at radius 3 is 2.79 bits per heavy atom. The summed E-state index contributed by atoms with van der Waals surface area (Å²) in [4.78, 5) is 4.57. The lowest BCUT2D eigenvalue weighted by Gasteiger charge is -2.33. The van der Waals surface area contributed by atoms with Crippen LogP contribution in [0.4, 0.5) is 0 Å². The number of nitrogens with zero attached hydrogens (tertiary/aromatic N) is 1. The third-order valence-electron chi connectivity index (χ3n) is 4.19. The number of nitrogens with two attached hydrogens (primary N) is 1. The SMILES string of the molecule is COc1ccc2oc(C3(N)CCC(C)CC3)nc2c1. The number of rotatable bonds is 2. The normalized spacial score (nSPS) is 27.6. The molecule has 2 aromatic rings. The maximum absolute atomic E-state index is 6.49. The van der Waals surface area contributed by atoms with Crippen LogP contribution in [0.15, 0.2) is 22.6 Å². The van der Waals surface area contributed by atoms with E-state index in [1.807, 2.05) is 18.2 Å². The Hall–Kier alpha value is -1.55. The van der Waals surface area contributed by atoms with Crippen LogP contribution in [0.25, 0.3) is 11.1 Å². The van der Waals surface area contributed by atoms with Gasteiger partial charge in [-0.15, -0.1) is 0 Å². The second-order valence-corrected chi connectivity index (χ2v) is 5.69. The van der Waals surface area contributed by atoms with Gasteiger partial charge in [-0.05, 0) is 43.7 Å². The molecule has 2 N–H and O–H groups in total. The Balaban J connectivity index is 1.96. The van der Waals surface area contributed by atoms with E-state index in [1.54, 1.807) is 7.11 Å². The molecule has 1 aromatic carbocycles. The van der Waals surface area contributed by atoms with E-state index in [9.17, 15) is 0 Å².